The minimum atomic E-state index is -0.947. The summed E-state index contributed by atoms with van der Waals surface area (Å²) in [6, 6.07) is 7.81. The summed E-state index contributed by atoms with van der Waals surface area (Å²) in [7, 11) is 1.71. The molecule has 0 fully saturated rings. The molecule has 2 heterocycles. The van der Waals surface area contributed by atoms with Gasteiger partial charge in [-0.25, -0.2) is 8.78 Å². The lowest BCUT2D eigenvalue weighted by Gasteiger charge is -2.29. The van der Waals surface area contributed by atoms with Gasteiger partial charge in [0.15, 0.2) is 11.6 Å². The highest BCUT2D eigenvalue weighted by atomic mass is 79.9. The van der Waals surface area contributed by atoms with Crippen molar-refractivity contribution in [2.45, 2.75) is 12.8 Å². The molecule has 1 amide bonds. The maximum atomic E-state index is 13.7. The van der Waals surface area contributed by atoms with Crippen LogP contribution in [0.15, 0.2) is 34.8 Å². The molecule has 0 saturated carbocycles. The number of carbonyl (C=O) groups excluding carboxylic acids is 1. The molecule has 1 aliphatic rings. The van der Waals surface area contributed by atoms with Crippen LogP contribution in [-0.2, 0) is 13.5 Å². The SMILES string of the molecule is Cn1nc2cc(Br)ccc2c1C(=O)N1CCCc2cc(F)c(F)cc21. The number of benzene rings is 2. The van der Waals surface area contributed by atoms with Crippen LogP contribution >= 0.6 is 15.9 Å². The lowest BCUT2D eigenvalue weighted by Crippen LogP contribution is -2.36. The third-order valence-corrected chi connectivity index (χ3v) is 4.98. The predicted octanol–water partition coefficient (Wildman–Crippen LogP) is 4.21. The molecule has 0 saturated heterocycles. The van der Waals surface area contributed by atoms with Gasteiger partial charge in [-0.1, -0.05) is 15.9 Å². The standard InChI is InChI=1S/C18H14BrF2N3O/c1-23-17(12-5-4-11(19)8-15(12)22-23)18(25)24-6-2-3-10-7-13(20)14(21)9-16(10)24/h4-5,7-9H,2-3,6H2,1H3. The molecule has 7 heteroatoms. The molecule has 0 spiro atoms. The highest BCUT2D eigenvalue weighted by Crippen LogP contribution is 2.32. The van der Waals surface area contributed by atoms with Gasteiger partial charge in [-0.2, -0.15) is 5.10 Å². The summed E-state index contributed by atoms with van der Waals surface area (Å²) >= 11 is 3.39. The first kappa shape index (κ1) is 16.2. The number of halogens is 3. The van der Waals surface area contributed by atoms with Crippen molar-refractivity contribution in [3.63, 3.8) is 0 Å². The van der Waals surface area contributed by atoms with E-state index >= 15 is 0 Å². The van der Waals surface area contributed by atoms with Crippen LogP contribution < -0.4 is 4.90 Å². The number of fused-ring (bicyclic) bond motifs is 2. The average molecular weight is 406 g/mol. The lowest BCUT2D eigenvalue weighted by atomic mass is 10.0. The zero-order valence-electron chi connectivity index (χ0n) is 13.4. The number of aromatic nitrogens is 2. The molecule has 128 valence electrons. The quantitative estimate of drug-likeness (QED) is 0.608. The second-order valence-electron chi connectivity index (χ2n) is 6.09. The minimum absolute atomic E-state index is 0.265. The Morgan fingerprint density at radius 3 is 2.76 bits per heavy atom. The van der Waals surface area contributed by atoms with Crippen molar-refractivity contribution in [2.24, 2.45) is 7.05 Å². The Labute approximate surface area is 151 Å². The normalized spacial score (nSPS) is 14.0. The molecule has 2 aromatic carbocycles. The van der Waals surface area contributed by atoms with Crippen molar-refractivity contribution in [3.05, 3.63) is 57.7 Å². The minimum Gasteiger partial charge on any atom is -0.307 e. The van der Waals surface area contributed by atoms with Gasteiger partial charge in [-0.3, -0.25) is 9.48 Å². The zero-order valence-corrected chi connectivity index (χ0v) is 15.0. The summed E-state index contributed by atoms with van der Waals surface area (Å²) in [6.45, 7) is 0.458. The highest BCUT2D eigenvalue weighted by molar-refractivity contribution is 9.10. The number of rotatable bonds is 1. The van der Waals surface area contributed by atoms with E-state index < -0.39 is 11.6 Å². The molecule has 0 aliphatic carbocycles. The molecule has 0 bridgehead atoms. The van der Waals surface area contributed by atoms with E-state index in [-0.39, 0.29) is 5.91 Å². The molecule has 0 N–H and O–H groups in total. The summed E-state index contributed by atoms with van der Waals surface area (Å²) in [4.78, 5) is 14.7. The maximum Gasteiger partial charge on any atom is 0.277 e. The molecular formula is C18H14BrF2N3O. The fourth-order valence-corrected chi connectivity index (χ4v) is 3.69. The Hall–Kier alpha value is -2.28. The van der Waals surface area contributed by atoms with Gasteiger partial charge in [-0.05, 0) is 42.7 Å². The van der Waals surface area contributed by atoms with Crippen molar-refractivity contribution < 1.29 is 13.6 Å². The maximum absolute atomic E-state index is 13.7. The number of aryl methyl sites for hydroxylation is 2. The number of hydrogen-bond donors (Lipinski definition) is 0. The first-order chi connectivity index (χ1) is 12.0. The van der Waals surface area contributed by atoms with Crippen LogP contribution in [0.2, 0.25) is 0 Å². The van der Waals surface area contributed by atoms with E-state index in [1.165, 1.54) is 15.6 Å². The van der Waals surface area contributed by atoms with Crippen molar-refractivity contribution in [3.8, 4) is 0 Å². The van der Waals surface area contributed by atoms with E-state index in [0.717, 1.165) is 15.9 Å². The summed E-state index contributed by atoms with van der Waals surface area (Å²) in [5, 5.41) is 5.11. The average Bonchev–Trinajstić information content (AvgIpc) is 2.89. The van der Waals surface area contributed by atoms with E-state index in [1.807, 2.05) is 18.2 Å². The molecule has 4 nitrogen and oxygen atoms in total. The zero-order chi connectivity index (χ0) is 17.7. The molecule has 3 aromatic rings. The summed E-state index contributed by atoms with van der Waals surface area (Å²) in [5.41, 5.74) is 2.21. The van der Waals surface area contributed by atoms with Crippen LogP contribution in [0.3, 0.4) is 0 Å². The molecule has 1 aliphatic heterocycles. The fourth-order valence-electron chi connectivity index (χ4n) is 3.34. The van der Waals surface area contributed by atoms with Gasteiger partial charge < -0.3 is 4.90 Å². The molecular weight excluding hydrogens is 392 g/mol. The van der Waals surface area contributed by atoms with E-state index in [0.29, 0.717) is 41.8 Å². The Morgan fingerprint density at radius 1 is 1.20 bits per heavy atom. The number of anilines is 1. The fraction of sp³-hybridized carbons (Fsp3) is 0.222. The van der Waals surface area contributed by atoms with Gasteiger partial charge in [0.2, 0.25) is 0 Å². The van der Waals surface area contributed by atoms with Gasteiger partial charge in [-0.15, -0.1) is 0 Å². The van der Waals surface area contributed by atoms with Crippen molar-refractivity contribution >= 4 is 38.4 Å². The van der Waals surface area contributed by atoms with Crippen molar-refractivity contribution in [1.82, 2.24) is 9.78 Å². The molecule has 0 atom stereocenters. The largest absolute Gasteiger partial charge is 0.307 e. The van der Waals surface area contributed by atoms with Crippen LogP contribution in [0.25, 0.3) is 10.9 Å². The smallest absolute Gasteiger partial charge is 0.277 e. The highest BCUT2D eigenvalue weighted by Gasteiger charge is 2.28. The van der Waals surface area contributed by atoms with E-state index in [4.69, 9.17) is 0 Å². The van der Waals surface area contributed by atoms with Crippen LogP contribution in [0.4, 0.5) is 14.5 Å². The third kappa shape index (κ3) is 2.63. The topological polar surface area (TPSA) is 38.1 Å². The second kappa shape index (κ2) is 5.91. The van der Waals surface area contributed by atoms with Crippen LogP contribution in [0.5, 0.6) is 0 Å². The third-order valence-electron chi connectivity index (χ3n) is 4.48. The Bertz CT molecular complexity index is 1020. The van der Waals surface area contributed by atoms with Crippen LogP contribution in [0.1, 0.15) is 22.5 Å². The monoisotopic (exact) mass is 405 g/mol. The van der Waals surface area contributed by atoms with Crippen LogP contribution in [0, 0.1) is 11.6 Å². The van der Waals surface area contributed by atoms with Crippen molar-refractivity contribution in [2.75, 3.05) is 11.4 Å². The van der Waals surface area contributed by atoms with Gasteiger partial charge in [0, 0.05) is 29.5 Å². The predicted molar refractivity (Wildman–Crippen MR) is 94.8 cm³/mol. The van der Waals surface area contributed by atoms with Gasteiger partial charge in [0.1, 0.15) is 5.69 Å². The van der Waals surface area contributed by atoms with Gasteiger partial charge >= 0.3 is 0 Å². The van der Waals surface area contributed by atoms with Crippen LogP contribution in [-0.4, -0.2) is 22.2 Å². The lowest BCUT2D eigenvalue weighted by molar-refractivity contribution is 0.0977. The van der Waals surface area contributed by atoms with Gasteiger partial charge in [0.05, 0.1) is 11.2 Å². The number of amides is 1. The molecule has 0 radical (unpaired) electrons. The summed E-state index contributed by atoms with van der Waals surface area (Å²) < 4.78 is 29.7. The first-order valence-electron chi connectivity index (χ1n) is 7.88. The Kier molecular flexibility index (Phi) is 3.83. The number of carbonyl (C=O) groups is 1. The number of nitrogens with zero attached hydrogens (tertiary/aromatic N) is 3. The number of hydrogen-bond acceptors (Lipinski definition) is 2. The second-order valence-corrected chi connectivity index (χ2v) is 7.00. The molecule has 1 aromatic heterocycles. The van der Waals surface area contributed by atoms with E-state index in [9.17, 15) is 13.6 Å². The Balaban J connectivity index is 1.84. The van der Waals surface area contributed by atoms with E-state index in [1.54, 1.807) is 7.05 Å². The van der Waals surface area contributed by atoms with Crippen molar-refractivity contribution in [1.29, 1.82) is 0 Å². The molecule has 4 rings (SSSR count). The summed E-state index contributed by atoms with van der Waals surface area (Å²) in [6.07, 6.45) is 1.32. The van der Waals surface area contributed by atoms with E-state index in [2.05, 4.69) is 21.0 Å². The van der Waals surface area contributed by atoms with Gasteiger partial charge in [0.25, 0.3) is 5.91 Å². The summed E-state index contributed by atoms with van der Waals surface area (Å²) in [5.74, 6) is -2.10. The molecule has 25 heavy (non-hydrogen) atoms. The Morgan fingerprint density at radius 2 is 1.96 bits per heavy atom. The first-order valence-corrected chi connectivity index (χ1v) is 8.67. The molecule has 0 unspecified atom stereocenters.